The third-order valence-electron chi connectivity index (χ3n) is 6.54. The Labute approximate surface area is 226 Å². The Bertz CT molecular complexity index is 1260. The number of methoxy groups -OCH3 is 5. The van der Waals surface area contributed by atoms with Crippen LogP contribution in [0.15, 0.2) is 12.1 Å². The van der Waals surface area contributed by atoms with Gasteiger partial charge in [-0.15, -0.1) is 0 Å². The zero-order chi connectivity index (χ0) is 27.2. The molecule has 38 heavy (non-hydrogen) atoms. The highest BCUT2D eigenvalue weighted by Crippen LogP contribution is 2.40. The third kappa shape index (κ3) is 5.71. The molecule has 0 spiro atoms. The van der Waals surface area contributed by atoms with Crippen LogP contribution in [0, 0.1) is 0 Å². The summed E-state index contributed by atoms with van der Waals surface area (Å²) >= 11 is 6.23. The van der Waals surface area contributed by atoms with E-state index in [2.05, 4.69) is 19.9 Å². The molecule has 1 aliphatic rings. The lowest BCUT2D eigenvalue weighted by atomic mass is 10.1. The van der Waals surface area contributed by atoms with Crippen LogP contribution in [0.4, 0.5) is 11.8 Å². The number of hydrogen-bond donors (Lipinski definition) is 1. The SMILES string of the molecule is COCCN(Cc1ccc(OC)c(OC)c1OC)c1nc(O)c2nc(Cl)nc(N3CCC(OC)CC3)c2n1. The first-order valence-corrected chi connectivity index (χ1v) is 12.6. The maximum Gasteiger partial charge on any atom is 0.243 e. The predicted molar refractivity (Wildman–Crippen MR) is 143 cm³/mol. The lowest BCUT2D eigenvalue weighted by molar-refractivity contribution is 0.0818. The van der Waals surface area contributed by atoms with Gasteiger partial charge in [0.05, 0.1) is 34.0 Å². The molecule has 0 atom stereocenters. The predicted octanol–water partition coefficient (Wildman–Crippen LogP) is 3.07. The van der Waals surface area contributed by atoms with Crippen molar-refractivity contribution in [2.75, 3.05) is 71.6 Å². The van der Waals surface area contributed by atoms with Gasteiger partial charge in [0.15, 0.2) is 22.8 Å². The number of benzene rings is 1. The second-order valence-electron chi connectivity index (χ2n) is 8.69. The molecule has 13 heteroatoms. The monoisotopic (exact) mass is 548 g/mol. The molecule has 1 saturated heterocycles. The van der Waals surface area contributed by atoms with E-state index in [1.807, 2.05) is 17.0 Å². The Morgan fingerprint density at radius 3 is 2.32 bits per heavy atom. The summed E-state index contributed by atoms with van der Waals surface area (Å²) in [6.45, 7) is 2.57. The number of fused-ring (bicyclic) bond motifs is 1. The summed E-state index contributed by atoms with van der Waals surface area (Å²) in [5, 5.41) is 10.9. The molecule has 0 aliphatic carbocycles. The average molecular weight is 549 g/mol. The first kappa shape index (κ1) is 27.7. The summed E-state index contributed by atoms with van der Waals surface area (Å²) in [7, 11) is 8.03. The smallest absolute Gasteiger partial charge is 0.243 e. The number of aromatic hydroxyl groups is 1. The molecule has 206 valence electrons. The molecule has 0 radical (unpaired) electrons. The minimum Gasteiger partial charge on any atom is -0.493 e. The van der Waals surface area contributed by atoms with Gasteiger partial charge in [-0.3, -0.25) is 0 Å². The molecule has 3 heterocycles. The first-order chi connectivity index (χ1) is 18.4. The summed E-state index contributed by atoms with van der Waals surface area (Å²) < 4.78 is 27.5. The normalized spacial score (nSPS) is 14.1. The van der Waals surface area contributed by atoms with Gasteiger partial charge in [0.1, 0.15) is 5.52 Å². The largest absolute Gasteiger partial charge is 0.493 e. The number of ether oxygens (including phenoxy) is 5. The van der Waals surface area contributed by atoms with E-state index >= 15 is 0 Å². The number of hydrogen-bond acceptors (Lipinski definition) is 12. The number of anilines is 2. The maximum absolute atomic E-state index is 10.9. The van der Waals surface area contributed by atoms with Gasteiger partial charge >= 0.3 is 0 Å². The Morgan fingerprint density at radius 1 is 0.947 bits per heavy atom. The Balaban J connectivity index is 1.77. The van der Waals surface area contributed by atoms with Crippen molar-refractivity contribution in [3.63, 3.8) is 0 Å². The number of nitrogens with zero attached hydrogens (tertiary/aromatic N) is 6. The van der Waals surface area contributed by atoms with Crippen molar-refractivity contribution in [1.82, 2.24) is 19.9 Å². The molecule has 12 nitrogen and oxygen atoms in total. The van der Waals surface area contributed by atoms with Crippen LogP contribution < -0.4 is 24.0 Å². The van der Waals surface area contributed by atoms with E-state index in [9.17, 15) is 5.11 Å². The van der Waals surface area contributed by atoms with Crippen molar-refractivity contribution < 1.29 is 28.8 Å². The Hall–Kier alpha value is -3.35. The fourth-order valence-corrected chi connectivity index (χ4v) is 4.72. The van der Waals surface area contributed by atoms with Crippen molar-refractivity contribution in [3.8, 4) is 23.1 Å². The van der Waals surface area contributed by atoms with Crippen LogP contribution in [0.1, 0.15) is 18.4 Å². The molecule has 1 aliphatic heterocycles. The van der Waals surface area contributed by atoms with Gasteiger partial charge in [0, 0.05) is 46.0 Å². The number of rotatable bonds is 11. The number of piperidine rings is 1. The van der Waals surface area contributed by atoms with Crippen LogP contribution in [0.3, 0.4) is 0 Å². The molecule has 0 saturated carbocycles. The molecule has 0 unspecified atom stereocenters. The highest BCUT2D eigenvalue weighted by molar-refractivity contribution is 6.28. The zero-order valence-electron chi connectivity index (χ0n) is 22.2. The molecule has 1 N–H and O–H groups in total. The topological polar surface area (TPSA) is 124 Å². The van der Waals surface area contributed by atoms with Gasteiger partial charge in [-0.1, -0.05) is 0 Å². The summed E-state index contributed by atoms with van der Waals surface area (Å²) in [5.41, 5.74) is 1.40. The lowest BCUT2D eigenvalue weighted by Crippen LogP contribution is -2.37. The molecule has 1 aromatic carbocycles. The standard InChI is InChI=1S/C25H33ClN6O6/c1-34-13-12-32(14-15-6-7-17(36-3)21(38-5)20(15)37-4)25-28-18-19(23(33)30-25)27-24(26)29-22(18)31-10-8-16(35-2)9-11-31/h6-7,16H,8-14H2,1-5H3,(H,28,30,33). The average Bonchev–Trinajstić information content (AvgIpc) is 2.94. The van der Waals surface area contributed by atoms with E-state index in [1.54, 1.807) is 35.5 Å². The van der Waals surface area contributed by atoms with Gasteiger partial charge in [0.2, 0.25) is 22.9 Å². The maximum atomic E-state index is 10.9. The molecular formula is C25H33ClN6O6. The molecule has 1 fully saturated rings. The van der Waals surface area contributed by atoms with Crippen LogP contribution in [-0.2, 0) is 16.0 Å². The van der Waals surface area contributed by atoms with E-state index in [0.29, 0.717) is 61.4 Å². The van der Waals surface area contributed by atoms with Gasteiger partial charge in [0.25, 0.3) is 0 Å². The van der Waals surface area contributed by atoms with Crippen molar-refractivity contribution in [3.05, 3.63) is 23.0 Å². The first-order valence-electron chi connectivity index (χ1n) is 12.2. The summed E-state index contributed by atoms with van der Waals surface area (Å²) in [4.78, 5) is 21.8. The molecule has 0 amide bonds. The highest BCUT2D eigenvalue weighted by Gasteiger charge is 2.26. The Kier molecular flexibility index (Phi) is 9.08. The van der Waals surface area contributed by atoms with Gasteiger partial charge < -0.3 is 38.6 Å². The number of halogens is 1. The van der Waals surface area contributed by atoms with E-state index in [1.165, 1.54) is 0 Å². The lowest BCUT2D eigenvalue weighted by Gasteiger charge is -2.32. The quantitative estimate of drug-likeness (QED) is 0.354. The van der Waals surface area contributed by atoms with E-state index in [0.717, 1.165) is 18.4 Å². The van der Waals surface area contributed by atoms with Gasteiger partial charge in [-0.25, -0.2) is 9.97 Å². The zero-order valence-corrected chi connectivity index (χ0v) is 23.0. The van der Waals surface area contributed by atoms with Crippen molar-refractivity contribution in [2.45, 2.75) is 25.5 Å². The summed E-state index contributed by atoms with van der Waals surface area (Å²) in [6, 6.07) is 3.69. The minimum absolute atomic E-state index is 0.0133. The Morgan fingerprint density at radius 2 is 1.68 bits per heavy atom. The van der Waals surface area contributed by atoms with Crippen LogP contribution in [0.5, 0.6) is 23.1 Å². The second kappa shape index (κ2) is 12.5. The van der Waals surface area contributed by atoms with Crippen LogP contribution in [0.2, 0.25) is 5.28 Å². The van der Waals surface area contributed by atoms with Crippen LogP contribution >= 0.6 is 11.6 Å². The molecular weight excluding hydrogens is 516 g/mol. The molecule has 0 bridgehead atoms. The third-order valence-corrected chi connectivity index (χ3v) is 6.71. The summed E-state index contributed by atoms with van der Waals surface area (Å²) in [6.07, 6.45) is 1.86. The van der Waals surface area contributed by atoms with Gasteiger partial charge in [-0.05, 0) is 36.6 Å². The van der Waals surface area contributed by atoms with E-state index in [-0.39, 0.29) is 28.7 Å². The van der Waals surface area contributed by atoms with Crippen LogP contribution in [-0.4, -0.2) is 92.9 Å². The molecule has 2 aromatic heterocycles. The summed E-state index contributed by atoms with van der Waals surface area (Å²) in [5.74, 6) is 2.09. The van der Waals surface area contributed by atoms with Gasteiger partial charge in [-0.2, -0.15) is 9.97 Å². The van der Waals surface area contributed by atoms with E-state index in [4.69, 9.17) is 40.3 Å². The fourth-order valence-electron chi connectivity index (χ4n) is 4.56. The van der Waals surface area contributed by atoms with Crippen molar-refractivity contribution in [2.24, 2.45) is 0 Å². The van der Waals surface area contributed by atoms with Crippen LogP contribution in [0.25, 0.3) is 11.0 Å². The van der Waals surface area contributed by atoms with Crippen molar-refractivity contribution >= 4 is 34.4 Å². The highest BCUT2D eigenvalue weighted by atomic mass is 35.5. The van der Waals surface area contributed by atoms with E-state index < -0.39 is 0 Å². The van der Waals surface area contributed by atoms with Crippen molar-refractivity contribution in [1.29, 1.82) is 0 Å². The fraction of sp³-hybridized carbons (Fsp3) is 0.520. The molecule has 3 aromatic rings. The second-order valence-corrected chi connectivity index (χ2v) is 9.03. The number of aromatic nitrogens is 4. The molecule has 4 rings (SSSR count). The minimum atomic E-state index is -0.288.